The molecule has 0 unspecified atom stereocenters. The molecule has 0 aliphatic carbocycles. The van der Waals surface area contributed by atoms with E-state index in [1.807, 2.05) is 54.7 Å². The van der Waals surface area contributed by atoms with Crippen molar-refractivity contribution in [2.75, 3.05) is 17.2 Å². The van der Waals surface area contributed by atoms with Gasteiger partial charge in [0.25, 0.3) is 0 Å². The SMILES string of the molecule is CCCCNc1ccc(NC(=O)Cc2c[nH]c3ccccc23)cc1. The fourth-order valence-electron chi connectivity index (χ4n) is 2.74. The maximum Gasteiger partial charge on any atom is 0.228 e. The molecule has 3 aromatic rings. The van der Waals surface area contributed by atoms with E-state index in [9.17, 15) is 4.79 Å². The molecule has 4 heteroatoms. The van der Waals surface area contributed by atoms with Crippen LogP contribution in [0.3, 0.4) is 0 Å². The summed E-state index contributed by atoms with van der Waals surface area (Å²) in [5, 5.41) is 7.42. The third-order valence-electron chi connectivity index (χ3n) is 4.05. The highest BCUT2D eigenvalue weighted by Gasteiger charge is 2.08. The lowest BCUT2D eigenvalue weighted by molar-refractivity contribution is -0.115. The quantitative estimate of drug-likeness (QED) is 0.559. The predicted molar refractivity (Wildman–Crippen MR) is 100 cm³/mol. The highest BCUT2D eigenvalue weighted by atomic mass is 16.1. The molecular weight excluding hydrogens is 298 g/mol. The summed E-state index contributed by atoms with van der Waals surface area (Å²) < 4.78 is 0. The first kappa shape index (κ1) is 16.1. The second kappa shape index (κ2) is 7.68. The Kier molecular flexibility index (Phi) is 5.16. The molecule has 0 saturated carbocycles. The maximum absolute atomic E-state index is 12.3. The molecule has 0 aliphatic heterocycles. The molecule has 0 spiro atoms. The normalized spacial score (nSPS) is 10.7. The van der Waals surface area contributed by atoms with Crippen LogP contribution in [0.1, 0.15) is 25.3 Å². The van der Waals surface area contributed by atoms with Crippen LogP contribution in [0, 0.1) is 0 Å². The van der Waals surface area contributed by atoms with Crippen LogP contribution in [-0.2, 0) is 11.2 Å². The third kappa shape index (κ3) is 3.96. The van der Waals surface area contributed by atoms with Gasteiger partial charge in [-0.2, -0.15) is 0 Å². The summed E-state index contributed by atoms with van der Waals surface area (Å²) in [5.74, 6) is -0.00792. The Labute approximate surface area is 142 Å². The zero-order valence-electron chi connectivity index (χ0n) is 13.9. The Bertz CT molecular complexity index is 805. The average molecular weight is 321 g/mol. The Morgan fingerprint density at radius 1 is 1.04 bits per heavy atom. The van der Waals surface area contributed by atoms with E-state index in [0.29, 0.717) is 6.42 Å². The second-order valence-electron chi connectivity index (χ2n) is 5.94. The number of nitrogens with one attached hydrogen (secondary N) is 3. The summed E-state index contributed by atoms with van der Waals surface area (Å²) in [4.78, 5) is 15.5. The molecule has 0 bridgehead atoms. The Morgan fingerprint density at radius 2 is 1.79 bits per heavy atom. The van der Waals surface area contributed by atoms with E-state index in [0.717, 1.165) is 40.8 Å². The Hall–Kier alpha value is -2.75. The number of aromatic nitrogens is 1. The van der Waals surface area contributed by atoms with E-state index < -0.39 is 0 Å². The number of aromatic amines is 1. The van der Waals surface area contributed by atoms with Crippen molar-refractivity contribution in [1.29, 1.82) is 0 Å². The number of amides is 1. The van der Waals surface area contributed by atoms with Gasteiger partial charge in [0, 0.05) is 35.0 Å². The van der Waals surface area contributed by atoms with Gasteiger partial charge in [0.1, 0.15) is 0 Å². The number of carbonyl (C=O) groups is 1. The molecule has 0 saturated heterocycles. The highest BCUT2D eigenvalue weighted by Crippen LogP contribution is 2.19. The van der Waals surface area contributed by atoms with E-state index in [1.54, 1.807) is 0 Å². The molecular formula is C20H23N3O. The van der Waals surface area contributed by atoms with Crippen molar-refractivity contribution in [2.45, 2.75) is 26.2 Å². The summed E-state index contributed by atoms with van der Waals surface area (Å²) >= 11 is 0. The summed E-state index contributed by atoms with van der Waals surface area (Å²) in [5.41, 5.74) is 3.97. The molecule has 0 aliphatic rings. The minimum absolute atomic E-state index is 0.00792. The van der Waals surface area contributed by atoms with Crippen LogP contribution in [0.2, 0.25) is 0 Å². The molecule has 0 atom stereocenters. The molecule has 2 aromatic carbocycles. The number of hydrogen-bond acceptors (Lipinski definition) is 2. The van der Waals surface area contributed by atoms with Crippen LogP contribution in [-0.4, -0.2) is 17.4 Å². The first-order valence-electron chi connectivity index (χ1n) is 8.45. The van der Waals surface area contributed by atoms with Crippen molar-refractivity contribution in [3.63, 3.8) is 0 Å². The Morgan fingerprint density at radius 3 is 2.58 bits per heavy atom. The minimum Gasteiger partial charge on any atom is -0.385 e. The van der Waals surface area contributed by atoms with Gasteiger partial charge in [-0.25, -0.2) is 0 Å². The van der Waals surface area contributed by atoms with Gasteiger partial charge in [0.2, 0.25) is 5.91 Å². The van der Waals surface area contributed by atoms with Crippen molar-refractivity contribution >= 4 is 28.2 Å². The fraction of sp³-hybridized carbons (Fsp3) is 0.250. The van der Waals surface area contributed by atoms with Crippen LogP contribution >= 0.6 is 0 Å². The summed E-state index contributed by atoms with van der Waals surface area (Å²) in [6, 6.07) is 15.9. The molecule has 24 heavy (non-hydrogen) atoms. The fourth-order valence-corrected chi connectivity index (χ4v) is 2.74. The molecule has 3 N–H and O–H groups in total. The average Bonchev–Trinajstić information content (AvgIpc) is 3.00. The predicted octanol–water partition coefficient (Wildman–Crippen LogP) is 4.56. The number of anilines is 2. The highest BCUT2D eigenvalue weighted by molar-refractivity contribution is 5.95. The molecule has 3 rings (SSSR count). The van der Waals surface area contributed by atoms with Crippen molar-refractivity contribution in [2.24, 2.45) is 0 Å². The van der Waals surface area contributed by atoms with Gasteiger partial charge in [0.05, 0.1) is 6.42 Å². The van der Waals surface area contributed by atoms with E-state index >= 15 is 0 Å². The molecule has 0 fully saturated rings. The van der Waals surface area contributed by atoms with E-state index in [2.05, 4.69) is 22.5 Å². The van der Waals surface area contributed by atoms with Gasteiger partial charge in [-0.15, -0.1) is 0 Å². The summed E-state index contributed by atoms with van der Waals surface area (Å²) in [6.07, 6.45) is 4.60. The largest absolute Gasteiger partial charge is 0.385 e. The standard InChI is InChI=1S/C20H23N3O/c1-2-3-12-21-16-8-10-17(11-9-16)23-20(24)13-15-14-22-19-7-5-4-6-18(15)19/h4-11,14,21-22H,2-3,12-13H2,1H3,(H,23,24). The van der Waals surface area contributed by atoms with Gasteiger partial charge in [-0.05, 0) is 42.3 Å². The zero-order chi connectivity index (χ0) is 16.8. The lowest BCUT2D eigenvalue weighted by Crippen LogP contribution is -2.14. The van der Waals surface area contributed by atoms with E-state index in [4.69, 9.17) is 0 Å². The smallest absolute Gasteiger partial charge is 0.228 e. The van der Waals surface area contributed by atoms with Gasteiger partial charge >= 0.3 is 0 Å². The maximum atomic E-state index is 12.3. The lowest BCUT2D eigenvalue weighted by atomic mass is 10.1. The lowest BCUT2D eigenvalue weighted by Gasteiger charge is -2.08. The number of benzene rings is 2. The summed E-state index contributed by atoms with van der Waals surface area (Å²) in [7, 11) is 0. The molecule has 4 nitrogen and oxygen atoms in total. The molecule has 1 heterocycles. The number of H-pyrrole nitrogens is 1. The third-order valence-corrected chi connectivity index (χ3v) is 4.05. The van der Waals surface area contributed by atoms with Crippen molar-refractivity contribution in [3.8, 4) is 0 Å². The minimum atomic E-state index is -0.00792. The van der Waals surface area contributed by atoms with Crippen LogP contribution in [0.15, 0.2) is 54.7 Å². The van der Waals surface area contributed by atoms with E-state index in [-0.39, 0.29) is 5.91 Å². The molecule has 1 amide bonds. The van der Waals surface area contributed by atoms with Gasteiger partial charge in [-0.1, -0.05) is 31.5 Å². The first-order valence-corrected chi connectivity index (χ1v) is 8.45. The number of carbonyl (C=O) groups excluding carboxylic acids is 1. The van der Waals surface area contributed by atoms with Gasteiger partial charge < -0.3 is 15.6 Å². The number of fused-ring (bicyclic) bond motifs is 1. The number of unbranched alkanes of at least 4 members (excludes halogenated alkanes) is 1. The van der Waals surface area contributed by atoms with Crippen LogP contribution in [0.25, 0.3) is 10.9 Å². The van der Waals surface area contributed by atoms with Crippen LogP contribution < -0.4 is 10.6 Å². The van der Waals surface area contributed by atoms with Gasteiger partial charge in [0.15, 0.2) is 0 Å². The van der Waals surface area contributed by atoms with Gasteiger partial charge in [-0.3, -0.25) is 4.79 Å². The number of hydrogen-bond donors (Lipinski definition) is 3. The van der Waals surface area contributed by atoms with E-state index in [1.165, 1.54) is 6.42 Å². The Balaban J connectivity index is 1.58. The molecule has 124 valence electrons. The zero-order valence-corrected chi connectivity index (χ0v) is 13.9. The first-order chi connectivity index (χ1) is 11.8. The monoisotopic (exact) mass is 321 g/mol. The molecule has 0 radical (unpaired) electrons. The topological polar surface area (TPSA) is 56.9 Å². The number of rotatable bonds is 7. The van der Waals surface area contributed by atoms with Crippen LogP contribution in [0.4, 0.5) is 11.4 Å². The van der Waals surface area contributed by atoms with Crippen molar-refractivity contribution in [3.05, 3.63) is 60.3 Å². The second-order valence-corrected chi connectivity index (χ2v) is 5.94. The van der Waals surface area contributed by atoms with Crippen molar-refractivity contribution < 1.29 is 4.79 Å². The summed E-state index contributed by atoms with van der Waals surface area (Å²) in [6.45, 7) is 3.15. The number of para-hydroxylation sites is 1. The van der Waals surface area contributed by atoms with Crippen molar-refractivity contribution in [1.82, 2.24) is 4.98 Å². The van der Waals surface area contributed by atoms with Crippen LogP contribution in [0.5, 0.6) is 0 Å². The molecule has 1 aromatic heterocycles.